The molecule has 0 fully saturated rings. The Morgan fingerprint density at radius 3 is 1.50 bits per heavy atom. The minimum Gasteiger partial charge on any atom is -0.366 e. The average Bonchev–Trinajstić information content (AvgIpc) is 3.53. The summed E-state index contributed by atoms with van der Waals surface area (Å²) in [6.45, 7) is 9.64. The van der Waals surface area contributed by atoms with Crippen LogP contribution in [0.3, 0.4) is 0 Å². The quantitative estimate of drug-likeness (QED) is 0.0533. The Morgan fingerprint density at radius 2 is 0.952 bits per heavy atom. The van der Waals surface area contributed by atoms with Crippen molar-refractivity contribution >= 4 is 15.8 Å². The number of benzene rings is 4. The summed E-state index contributed by atoms with van der Waals surface area (Å²) in [5.74, 6) is 4.87. The smallest absolute Gasteiger partial charge is 0.366 e. The molecular weight excluding hydrogens is 912 g/mol. The van der Waals surface area contributed by atoms with Gasteiger partial charge in [-0.2, -0.15) is 0 Å². The molecule has 6 rings (SSSR count). The van der Waals surface area contributed by atoms with Gasteiger partial charge in [0.05, 0.1) is 12.3 Å². The standard InChI is InChI=1S/2C15H9.C8H20P2.2Au/c1-2-11-7-8-15-13(9-11)10-12-5-3-4-6-14(12)15;1-2-11-7-8-13-10-12-5-3-4-6-14(12)15(13)9-11;1-9(2)7-5-6-8-10(3)4;;/h2*3-9H,10H2;5-8H2,1-4H3;;/q2*-1;;2*+1/p+2. The zero-order valence-corrected chi connectivity index (χ0v) is 31.3. The van der Waals surface area contributed by atoms with Crippen LogP contribution in [-0.2, 0) is 57.6 Å². The van der Waals surface area contributed by atoms with Crippen LogP contribution < -0.4 is 0 Å². The second kappa shape index (κ2) is 18.2. The molecule has 0 heterocycles. The van der Waals surface area contributed by atoms with Crippen LogP contribution >= 0.6 is 15.8 Å². The maximum Gasteiger partial charge on any atom is 1.00 e. The number of fused-ring (bicyclic) bond motifs is 6. The van der Waals surface area contributed by atoms with Crippen LogP contribution in [0.1, 0.15) is 46.2 Å². The van der Waals surface area contributed by atoms with Crippen molar-refractivity contribution in [1.82, 2.24) is 0 Å². The molecule has 0 spiro atoms. The first-order valence-corrected chi connectivity index (χ1v) is 19.7. The third-order valence-electron chi connectivity index (χ3n) is 7.48. The Morgan fingerprint density at radius 1 is 0.524 bits per heavy atom. The van der Waals surface area contributed by atoms with Crippen molar-refractivity contribution in [1.29, 1.82) is 0 Å². The van der Waals surface area contributed by atoms with Gasteiger partial charge in [-0.15, -0.1) is 35.4 Å². The SMILES string of the molecule is C[PH+](C)CCCC[PH+](C)C.[Au+].[Au+].[C-]#Cc1ccc2c(c1)-c1ccccc1C2.[C-]#Cc1ccc2c(c1)Cc1ccccc1-2. The number of hydrogen-bond donors (Lipinski definition) is 0. The van der Waals surface area contributed by atoms with E-state index in [-0.39, 0.29) is 60.6 Å². The minimum atomic E-state index is 0. The summed E-state index contributed by atoms with van der Waals surface area (Å²) >= 11 is 0. The number of unbranched alkanes of at least 4 members (excludes halogenated alkanes) is 1. The first-order valence-electron chi connectivity index (χ1n) is 14.3. The van der Waals surface area contributed by atoms with Crippen LogP contribution in [-0.4, -0.2) is 39.0 Å². The molecule has 0 saturated heterocycles. The molecule has 0 saturated carbocycles. The van der Waals surface area contributed by atoms with Gasteiger partial charge in [0.25, 0.3) is 0 Å². The van der Waals surface area contributed by atoms with Crippen molar-refractivity contribution in [3.05, 3.63) is 131 Å². The summed E-state index contributed by atoms with van der Waals surface area (Å²) in [4.78, 5) is 0. The third-order valence-corrected chi connectivity index (χ3v) is 10.2. The van der Waals surface area contributed by atoms with E-state index in [1.807, 2.05) is 18.2 Å². The van der Waals surface area contributed by atoms with Crippen LogP contribution in [0.4, 0.5) is 0 Å². The van der Waals surface area contributed by atoms with E-state index in [1.165, 1.54) is 69.7 Å². The van der Waals surface area contributed by atoms with Crippen LogP contribution in [0.5, 0.6) is 0 Å². The van der Waals surface area contributed by atoms with Gasteiger partial charge >= 0.3 is 44.8 Å². The zero-order chi connectivity index (χ0) is 28.5. The first kappa shape index (κ1) is 36.5. The zero-order valence-electron chi connectivity index (χ0n) is 24.9. The molecule has 0 radical (unpaired) electrons. The van der Waals surface area contributed by atoms with Gasteiger partial charge in [0, 0.05) is 26.7 Å². The van der Waals surface area contributed by atoms with Crippen LogP contribution in [0, 0.1) is 24.7 Å². The predicted molar refractivity (Wildman–Crippen MR) is 181 cm³/mol. The molecule has 4 aromatic carbocycles. The molecule has 4 heteroatoms. The van der Waals surface area contributed by atoms with Gasteiger partial charge in [-0.05, 0) is 80.5 Å². The van der Waals surface area contributed by atoms with Crippen molar-refractivity contribution in [2.75, 3.05) is 39.0 Å². The molecule has 0 atom stereocenters. The van der Waals surface area contributed by atoms with Crippen molar-refractivity contribution in [3.63, 3.8) is 0 Å². The van der Waals surface area contributed by atoms with E-state index in [4.69, 9.17) is 12.8 Å². The summed E-state index contributed by atoms with van der Waals surface area (Å²) < 4.78 is 0. The van der Waals surface area contributed by atoms with E-state index in [0.717, 1.165) is 24.0 Å². The monoisotopic (exact) mass is 952 g/mol. The molecule has 0 nitrogen and oxygen atoms in total. The van der Waals surface area contributed by atoms with Gasteiger partial charge < -0.3 is 12.8 Å². The topological polar surface area (TPSA) is 0 Å². The van der Waals surface area contributed by atoms with E-state index in [2.05, 4.69) is 105 Å². The fourth-order valence-corrected chi connectivity index (χ4v) is 7.30. The minimum absolute atomic E-state index is 0. The maximum absolute atomic E-state index is 7.14. The van der Waals surface area contributed by atoms with Gasteiger partial charge in [-0.1, -0.05) is 66.2 Å². The molecule has 0 bridgehead atoms. The largest absolute Gasteiger partial charge is 1.00 e. The molecule has 0 unspecified atom stereocenters. The fraction of sp³-hybridized carbons (Fsp3) is 0.263. The Bertz CT molecular complexity index is 1530. The molecule has 0 aromatic heterocycles. The molecule has 42 heavy (non-hydrogen) atoms. The summed E-state index contributed by atoms with van der Waals surface area (Å²) in [6.07, 6.45) is 22.3. The van der Waals surface area contributed by atoms with Gasteiger partial charge in [0.1, 0.15) is 0 Å². The fourth-order valence-electron chi connectivity index (χ4n) is 5.38. The second-order valence-corrected chi connectivity index (χ2v) is 17.1. The summed E-state index contributed by atoms with van der Waals surface area (Å²) in [5, 5.41) is 0. The van der Waals surface area contributed by atoms with E-state index < -0.39 is 0 Å². The van der Waals surface area contributed by atoms with E-state index in [9.17, 15) is 0 Å². The van der Waals surface area contributed by atoms with Gasteiger partial charge in [0.15, 0.2) is 0 Å². The van der Waals surface area contributed by atoms with E-state index in [0.29, 0.717) is 0 Å². The maximum atomic E-state index is 7.14. The normalized spacial score (nSPS) is 11.0. The van der Waals surface area contributed by atoms with Crippen molar-refractivity contribution in [2.24, 2.45) is 0 Å². The molecule has 2 aliphatic carbocycles. The van der Waals surface area contributed by atoms with Crippen LogP contribution in [0.2, 0.25) is 0 Å². The van der Waals surface area contributed by atoms with Gasteiger partial charge in [0.2, 0.25) is 0 Å². The molecule has 0 aliphatic heterocycles. The molecule has 0 amide bonds. The van der Waals surface area contributed by atoms with E-state index in [1.54, 1.807) is 0 Å². The first-order chi connectivity index (χ1) is 19.4. The van der Waals surface area contributed by atoms with Crippen LogP contribution in [0.15, 0.2) is 84.9 Å². The van der Waals surface area contributed by atoms with Crippen LogP contribution in [0.25, 0.3) is 22.3 Å². The predicted octanol–water partition coefficient (Wildman–Crippen LogP) is 9.10. The third kappa shape index (κ3) is 9.94. The molecule has 2 aliphatic rings. The Kier molecular flexibility index (Phi) is 15.8. The summed E-state index contributed by atoms with van der Waals surface area (Å²) in [6, 6.07) is 29.2. The Hall–Kier alpha value is -1.66. The molecule has 4 aromatic rings. The van der Waals surface area contributed by atoms with E-state index >= 15 is 0 Å². The second-order valence-electron chi connectivity index (χ2n) is 11.3. The molecular formula is C38H40Au2P2+2. The average molecular weight is 953 g/mol. The van der Waals surface area contributed by atoms with Crippen molar-refractivity contribution in [3.8, 4) is 34.1 Å². The Labute approximate surface area is 288 Å². The molecule has 0 N–H and O–H groups in total. The van der Waals surface area contributed by atoms with Gasteiger partial charge in [-0.25, -0.2) is 0 Å². The van der Waals surface area contributed by atoms with Crippen molar-refractivity contribution < 1.29 is 44.8 Å². The molecule has 222 valence electrons. The van der Waals surface area contributed by atoms with Crippen molar-refractivity contribution in [2.45, 2.75) is 25.7 Å². The summed E-state index contributed by atoms with van der Waals surface area (Å²) in [5.41, 5.74) is 12.4. The number of hydrogen-bond acceptors (Lipinski definition) is 0. The number of rotatable bonds is 5. The van der Waals surface area contributed by atoms with Gasteiger partial charge in [-0.3, -0.25) is 11.8 Å². The summed E-state index contributed by atoms with van der Waals surface area (Å²) in [7, 11) is 0.158. The Balaban J connectivity index is 0.000000221.